The summed E-state index contributed by atoms with van der Waals surface area (Å²) in [6.07, 6.45) is 3.11. The summed E-state index contributed by atoms with van der Waals surface area (Å²) in [6, 6.07) is 5.39. The summed E-state index contributed by atoms with van der Waals surface area (Å²) in [5.74, 6) is 2.95. The molecule has 0 saturated heterocycles. The molecule has 2 aromatic rings. The van der Waals surface area contributed by atoms with Crippen LogP contribution in [0.4, 0.5) is 5.82 Å². The van der Waals surface area contributed by atoms with E-state index in [1.165, 1.54) is 6.33 Å². The van der Waals surface area contributed by atoms with Crippen molar-refractivity contribution in [2.45, 2.75) is 19.8 Å². The highest BCUT2D eigenvalue weighted by molar-refractivity contribution is 5.50. The van der Waals surface area contributed by atoms with Crippen molar-refractivity contribution in [2.75, 3.05) is 12.5 Å². The molecule has 1 aromatic heterocycles. The minimum Gasteiger partial charge on any atom is -0.454 e. The second-order valence-corrected chi connectivity index (χ2v) is 4.41. The molecule has 0 saturated carbocycles. The van der Waals surface area contributed by atoms with Gasteiger partial charge in [-0.25, -0.2) is 9.97 Å². The van der Waals surface area contributed by atoms with Crippen molar-refractivity contribution in [2.24, 2.45) is 0 Å². The van der Waals surface area contributed by atoms with Gasteiger partial charge in [-0.3, -0.25) is 0 Å². The molecule has 6 nitrogen and oxygen atoms in total. The van der Waals surface area contributed by atoms with Crippen molar-refractivity contribution in [1.29, 1.82) is 0 Å². The van der Waals surface area contributed by atoms with Gasteiger partial charge in [-0.1, -0.05) is 13.3 Å². The summed E-state index contributed by atoms with van der Waals surface area (Å²) >= 11 is 0. The molecule has 0 fully saturated rings. The van der Waals surface area contributed by atoms with Crippen molar-refractivity contribution < 1.29 is 14.2 Å². The highest BCUT2D eigenvalue weighted by atomic mass is 16.7. The molecule has 3 rings (SSSR count). The van der Waals surface area contributed by atoms with Gasteiger partial charge in [-0.2, -0.15) is 0 Å². The van der Waals surface area contributed by atoms with Crippen LogP contribution >= 0.6 is 0 Å². The summed E-state index contributed by atoms with van der Waals surface area (Å²) in [6.45, 7) is 2.30. The molecule has 6 heteroatoms. The van der Waals surface area contributed by atoms with Gasteiger partial charge >= 0.3 is 0 Å². The Bertz CT molecular complexity index is 631. The van der Waals surface area contributed by atoms with E-state index >= 15 is 0 Å². The summed E-state index contributed by atoms with van der Waals surface area (Å²) < 4.78 is 16.4. The molecule has 2 heterocycles. The minimum atomic E-state index is 0.236. The molecule has 1 aliphatic rings. The molecular formula is C14H15N3O3. The highest BCUT2D eigenvalue weighted by Gasteiger charge is 2.16. The lowest BCUT2D eigenvalue weighted by molar-refractivity contribution is 0.174. The lowest BCUT2D eigenvalue weighted by atomic mass is 10.2. The fraction of sp³-hybridized carbons (Fsp3) is 0.286. The lowest BCUT2D eigenvalue weighted by Crippen LogP contribution is -2.02. The van der Waals surface area contributed by atoms with E-state index in [9.17, 15) is 0 Å². The van der Waals surface area contributed by atoms with Gasteiger partial charge in [0.25, 0.3) is 0 Å². The van der Waals surface area contributed by atoms with E-state index in [4.69, 9.17) is 19.9 Å². The molecule has 2 N–H and O–H groups in total. The van der Waals surface area contributed by atoms with Crippen LogP contribution in [0.5, 0.6) is 23.1 Å². The Morgan fingerprint density at radius 3 is 2.95 bits per heavy atom. The zero-order chi connectivity index (χ0) is 13.9. The molecule has 1 aliphatic heterocycles. The molecule has 0 aliphatic carbocycles. The maximum atomic E-state index is 5.88. The predicted octanol–water partition coefficient (Wildman–Crippen LogP) is 2.53. The summed E-state index contributed by atoms with van der Waals surface area (Å²) in [5.41, 5.74) is 6.70. The quantitative estimate of drug-likeness (QED) is 0.922. The van der Waals surface area contributed by atoms with Crippen LogP contribution in [0.25, 0.3) is 0 Å². The number of nitrogen functional groups attached to an aromatic ring is 1. The van der Waals surface area contributed by atoms with E-state index in [0.29, 0.717) is 28.9 Å². The van der Waals surface area contributed by atoms with Gasteiger partial charge in [-0.15, -0.1) is 0 Å². The maximum absolute atomic E-state index is 5.88. The summed E-state index contributed by atoms with van der Waals surface area (Å²) in [5, 5.41) is 0. The van der Waals surface area contributed by atoms with Gasteiger partial charge in [0.05, 0.1) is 5.56 Å². The fourth-order valence-corrected chi connectivity index (χ4v) is 2.03. The third-order valence-electron chi connectivity index (χ3n) is 3.00. The Morgan fingerprint density at radius 2 is 2.10 bits per heavy atom. The van der Waals surface area contributed by atoms with Crippen molar-refractivity contribution in [3.8, 4) is 23.1 Å². The monoisotopic (exact) mass is 273 g/mol. The van der Waals surface area contributed by atoms with Crippen LogP contribution in [0.15, 0.2) is 24.5 Å². The van der Waals surface area contributed by atoms with Crippen molar-refractivity contribution in [3.05, 3.63) is 30.1 Å². The summed E-state index contributed by atoms with van der Waals surface area (Å²) in [7, 11) is 0. The van der Waals surface area contributed by atoms with E-state index in [1.807, 2.05) is 12.1 Å². The Morgan fingerprint density at radius 1 is 1.25 bits per heavy atom. The van der Waals surface area contributed by atoms with Crippen molar-refractivity contribution in [1.82, 2.24) is 9.97 Å². The van der Waals surface area contributed by atoms with E-state index in [2.05, 4.69) is 16.9 Å². The second kappa shape index (κ2) is 5.24. The molecule has 1 aromatic carbocycles. The molecule has 0 bridgehead atoms. The van der Waals surface area contributed by atoms with Crippen molar-refractivity contribution in [3.63, 3.8) is 0 Å². The molecule has 0 atom stereocenters. The SMILES string of the molecule is CCCc1c(N)ncnc1Oc1ccc2c(c1)OCO2. The highest BCUT2D eigenvalue weighted by Crippen LogP contribution is 2.37. The predicted molar refractivity (Wildman–Crippen MR) is 73.1 cm³/mol. The standard InChI is InChI=1S/C14H15N3O3/c1-2-3-10-13(15)16-7-17-14(10)20-9-4-5-11-12(6-9)19-8-18-11/h4-7H,2-3,8H2,1H3,(H2,15,16,17). The average molecular weight is 273 g/mol. The van der Waals surface area contributed by atoms with Crippen LogP contribution in [0.1, 0.15) is 18.9 Å². The van der Waals surface area contributed by atoms with Gasteiger partial charge in [0, 0.05) is 6.07 Å². The van der Waals surface area contributed by atoms with Gasteiger partial charge in [0.1, 0.15) is 17.9 Å². The first kappa shape index (κ1) is 12.5. The largest absolute Gasteiger partial charge is 0.454 e. The molecule has 0 spiro atoms. The second-order valence-electron chi connectivity index (χ2n) is 4.41. The number of ether oxygens (including phenoxy) is 3. The Labute approximate surface area is 116 Å². The normalized spacial score (nSPS) is 12.4. The van der Waals surface area contributed by atoms with Crippen LogP contribution in [-0.4, -0.2) is 16.8 Å². The minimum absolute atomic E-state index is 0.236. The number of hydrogen-bond acceptors (Lipinski definition) is 6. The smallest absolute Gasteiger partial charge is 0.231 e. The number of anilines is 1. The molecule has 104 valence electrons. The third kappa shape index (κ3) is 2.32. The van der Waals surface area contributed by atoms with E-state index < -0.39 is 0 Å². The van der Waals surface area contributed by atoms with Gasteiger partial charge in [0.15, 0.2) is 11.5 Å². The van der Waals surface area contributed by atoms with Crippen LogP contribution in [0.3, 0.4) is 0 Å². The Hall–Kier alpha value is -2.50. The number of aromatic nitrogens is 2. The van der Waals surface area contributed by atoms with Crippen LogP contribution in [0, 0.1) is 0 Å². The maximum Gasteiger partial charge on any atom is 0.231 e. The van der Waals surface area contributed by atoms with Gasteiger partial charge < -0.3 is 19.9 Å². The lowest BCUT2D eigenvalue weighted by Gasteiger charge is -2.11. The summed E-state index contributed by atoms with van der Waals surface area (Å²) in [4.78, 5) is 8.16. The molecular weight excluding hydrogens is 258 g/mol. The molecule has 0 amide bonds. The Balaban J connectivity index is 1.89. The zero-order valence-electron chi connectivity index (χ0n) is 11.1. The number of fused-ring (bicyclic) bond motifs is 1. The first-order chi connectivity index (χ1) is 9.78. The molecule has 0 radical (unpaired) electrons. The van der Waals surface area contributed by atoms with E-state index in [-0.39, 0.29) is 6.79 Å². The topological polar surface area (TPSA) is 79.5 Å². The first-order valence-electron chi connectivity index (χ1n) is 6.44. The molecule has 20 heavy (non-hydrogen) atoms. The zero-order valence-corrected chi connectivity index (χ0v) is 11.1. The van der Waals surface area contributed by atoms with E-state index in [1.54, 1.807) is 6.07 Å². The fourth-order valence-electron chi connectivity index (χ4n) is 2.03. The number of hydrogen-bond donors (Lipinski definition) is 1. The van der Waals surface area contributed by atoms with Gasteiger partial charge in [-0.05, 0) is 18.6 Å². The van der Waals surface area contributed by atoms with Crippen molar-refractivity contribution >= 4 is 5.82 Å². The number of nitrogens with zero attached hydrogens (tertiary/aromatic N) is 2. The number of benzene rings is 1. The van der Waals surface area contributed by atoms with E-state index in [0.717, 1.165) is 18.4 Å². The number of nitrogens with two attached hydrogens (primary N) is 1. The molecule has 0 unspecified atom stereocenters. The number of rotatable bonds is 4. The van der Waals surface area contributed by atoms with Crippen LogP contribution in [0.2, 0.25) is 0 Å². The average Bonchev–Trinajstić information content (AvgIpc) is 2.90. The van der Waals surface area contributed by atoms with Crippen LogP contribution < -0.4 is 19.9 Å². The third-order valence-corrected chi connectivity index (χ3v) is 3.00. The van der Waals surface area contributed by atoms with Crippen LogP contribution in [-0.2, 0) is 6.42 Å². The Kier molecular flexibility index (Phi) is 3.28. The first-order valence-corrected chi connectivity index (χ1v) is 6.44. The van der Waals surface area contributed by atoms with Gasteiger partial charge in [0.2, 0.25) is 12.7 Å².